The van der Waals surface area contributed by atoms with E-state index in [9.17, 15) is 14.7 Å². The number of carboxylic acid groups (broad SMARTS) is 2. The van der Waals surface area contributed by atoms with Gasteiger partial charge >= 0.3 is 5.97 Å². The van der Waals surface area contributed by atoms with Crippen LogP contribution in [0.15, 0.2) is 35.0 Å². The lowest BCUT2D eigenvalue weighted by molar-refractivity contribution is -0.361. The Bertz CT molecular complexity index is 352. The highest BCUT2D eigenvalue weighted by molar-refractivity contribution is 9.10. The number of nitrogens with two attached hydrogens (primary N) is 1. The highest BCUT2D eigenvalue weighted by Crippen LogP contribution is 2.04. The first-order valence-corrected chi connectivity index (χ1v) is 4.76. The van der Waals surface area contributed by atoms with E-state index in [0.717, 1.165) is 4.47 Å². The summed E-state index contributed by atoms with van der Waals surface area (Å²) >= 11 is 3.26. The Morgan fingerprint density at radius 1 is 1.44 bits per heavy atom. The second-order valence-corrected chi connectivity index (χ2v) is 3.37. The number of pyridine rings is 1. The van der Waals surface area contributed by atoms with E-state index in [0.29, 0.717) is 18.0 Å². The van der Waals surface area contributed by atoms with Crippen molar-refractivity contribution >= 4 is 33.7 Å². The number of aromatic nitrogens is 1. The minimum absolute atomic E-state index is 0.447. The molecule has 0 atom stereocenters. The molecule has 0 saturated heterocycles. The molecule has 1 rings (SSSR count). The van der Waals surface area contributed by atoms with Gasteiger partial charge in [-0.15, -0.1) is 0 Å². The SMILES string of the molecule is Nc1ccc(Br)c[nH+]1.O=C([O-])/C=C\C(=O)O. The molecule has 1 heterocycles. The van der Waals surface area contributed by atoms with Crippen molar-refractivity contribution in [3.63, 3.8) is 0 Å². The Labute approximate surface area is 99.5 Å². The van der Waals surface area contributed by atoms with E-state index in [1.165, 1.54) is 0 Å². The van der Waals surface area contributed by atoms with Gasteiger partial charge in [-0.3, -0.25) is 5.73 Å². The average Bonchev–Trinajstić information content (AvgIpc) is 2.20. The number of H-pyrrole nitrogens is 1. The van der Waals surface area contributed by atoms with Crippen LogP contribution in [0.1, 0.15) is 0 Å². The van der Waals surface area contributed by atoms with Crippen LogP contribution in [-0.4, -0.2) is 17.0 Å². The Morgan fingerprint density at radius 3 is 2.31 bits per heavy atom. The fourth-order valence-corrected chi connectivity index (χ4v) is 0.804. The number of hydrogen-bond donors (Lipinski definition) is 2. The third-order valence-corrected chi connectivity index (χ3v) is 1.65. The van der Waals surface area contributed by atoms with E-state index in [1.54, 1.807) is 12.3 Å². The van der Waals surface area contributed by atoms with E-state index >= 15 is 0 Å². The summed E-state index contributed by atoms with van der Waals surface area (Å²) in [6.45, 7) is 0. The van der Waals surface area contributed by atoms with Gasteiger partial charge in [-0.2, -0.15) is 0 Å². The number of hydrogen-bond acceptors (Lipinski definition) is 4. The predicted molar refractivity (Wildman–Crippen MR) is 56.9 cm³/mol. The summed E-state index contributed by atoms with van der Waals surface area (Å²) in [5.41, 5.74) is 5.35. The van der Waals surface area contributed by atoms with Crippen LogP contribution in [0.4, 0.5) is 5.82 Å². The lowest BCUT2D eigenvalue weighted by Gasteiger charge is -1.85. The van der Waals surface area contributed by atoms with Crippen molar-refractivity contribution in [3.05, 3.63) is 35.0 Å². The first kappa shape index (κ1) is 14.1. The van der Waals surface area contributed by atoms with E-state index < -0.39 is 11.9 Å². The number of aromatic amines is 1. The molecule has 0 fully saturated rings. The van der Waals surface area contributed by atoms with Crippen LogP contribution < -0.4 is 15.8 Å². The third kappa shape index (κ3) is 8.70. The topological polar surface area (TPSA) is 118 Å². The highest BCUT2D eigenvalue weighted by atomic mass is 79.9. The summed E-state index contributed by atoms with van der Waals surface area (Å²) in [5, 5.41) is 17.2. The molecule has 1 aromatic rings. The van der Waals surface area contributed by atoms with Crippen LogP contribution in [-0.2, 0) is 9.59 Å². The molecule has 0 aliphatic heterocycles. The molecule has 0 amide bonds. The molecule has 0 radical (unpaired) electrons. The Balaban J connectivity index is 0.000000281. The smallest absolute Gasteiger partial charge is 0.328 e. The molecule has 0 unspecified atom stereocenters. The standard InChI is InChI=1S/C5H5BrN2.C4H4O4/c6-4-1-2-5(7)8-3-4;5-3(6)1-2-4(7)8/h1-3H,(H2,7,8);1-2H,(H,5,6)(H,7,8)/b;2-1-. The summed E-state index contributed by atoms with van der Waals surface area (Å²) in [7, 11) is 0. The van der Waals surface area contributed by atoms with Crippen molar-refractivity contribution in [1.82, 2.24) is 0 Å². The summed E-state index contributed by atoms with van der Waals surface area (Å²) in [6.07, 6.45) is 2.73. The number of carbonyl (C=O) groups excluding carboxylic acids is 1. The maximum Gasteiger partial charge on any atom is 0.328 e. The predicted octanol–water partition coefficient (Wildman–Crippen LogP) is -0.778. The molecule has 16 heavy (non-hydrogen) atoms. The lowest BCUT2D eigenvalue weighted by Crippen LogP contribution is -2.19. The van der Waals surface area contributed by atoms with Gasteiger partial charge in [-0.05, 0) is 28.1 Å². The van der Waals surface area contributed by atoms with Crippen LogP contribution in [0.3, 0.4) is 0 Å². The Morgan fingerprint density at radius 2 is 2.06 bits per heavy atom. The number of nitrogens with one attached hydrogen (secondary N) is 1. The van der Waals surface area contributed by atoms with Gasteiger partial charge in [0.15, 0.2) is 0 Å². The first-order chi connectivity index (χ1) is 7.41. The van der Waals surface area contributed by atoms with Crippen molar-refractivity contribution < 1.29 is 24.8 Å². The molecule has 86 valence electrons. The number of aliphatic carboxylic acids is 2. The number of carboxylic acids is 2. The molecule has 0 aliphatic carbocycles. The fraction of sp³-hybridized carbons (Fsp3) is 0. The van der Waals surface area contributed by atoms with Gasteiger partial charge in [0.25, 0.3) is 5.82 Å². The van der Waals surface area contributed by atoms with Gasteiger partial charge in [0, 0.05) is 12.1 Å². The summed E-state index contributed by atoms with van der Waals surface area (Å²) < 4.78 is 1.01. The second kappa shape index (κ2) is 7.41. The maximum absolute atomic E-state index is 9.53. The van der Waals surface area contributed by atoms with Crippen LogP contribution in [0.2, 0.25) is 0 Å². The quantitative estimate of drug-likeness (QED) is 0.693. The van der Waals surface area contributed by atoms with Gasteiger partial charge < -0.3 is 15.0 Å². The fourth-order valence-electron chi connectivity index (χ4n) is 0.557. The molecule has 4 N–H and O–H groups in total. The average molecular weight is 289 g/mol. The van der Waals surface area contributed by atoms with Crippen molar-refractivity contribution in [1.29, 1.82) is 0 Å². The zero-order valence-electron chi connectivity index (χ0n) is 8.01. The third-order valence-electron chi connectivity index (χ3n) is 1.16. The van der Waals surface area contributed by atoms with Gasteiger partial charge in [-0.1, -0.05) is 0 Å². The molecule has 0 saturated carbocycles. The minimum atomic E-state index is -1.51. The van der Waals surface area contributed by atoms with Gasteiger partial charge in [0.1, 0.15) is 6.20 Å². The molecule has 7 heteroatoms. The van der Waals surface area contributed by atoms with Gasteiger partial charge in [0.2, 0.25) is 0 Å². The van der Waals surface area contributed by atoms with Crippen LogP contribution in [0.25, 0.3) is 0 Å². The molecule has 6 nitrogen and oxygen atoms in total. The second-order valence-electron chi connectivity index (χ2n) is 2.45. The van der Waals surface area contributed by atoms with Crippen molar-refractivity contribution in [2.45, 2.75) is 0 Å². The van der Waals surface area contributed by atoms with Gasteiger partial charge in [0.05, 0.1) is 10.4 Å². The molecule has 0 aromatic carbocycles. The molecule has 0 bridgehead atoms. The monoisotopic (exact) mass is 288 g/mol. The van der Waals surface area contributed by atoms with Crippen LogP contribution in [0.5, 0.6) is 0 Å². The van der Waals surface area contributed by atoms with Crippen LogP contribution in [0, 0.1) is 0 Å². The number of halogens is 1. The van der Waals surface area contributed by atoms with E-state index in [-0.39, 0.29) is 0 Å². The van der Waals surface area contributed by atoms with E-state index in [2.05, 4.69) is 20.9 Å². The zero-order chi connectivity index (χ0) is 12.6. The molecular weight excluding hydrogens is 280 g/mol. The van der Waals surface area contributed by atoms with Crippen molar-refractivity contribution in [2.24, 2.45) is 0 Å². The summed E-state index contributed by atoms with van der Waals surface area (Å²) in [6, 6.07) is 3.68. The largest absolute Gasteiger partial charge is 0.545 e. The molecule has 1 aromatic heterocycles. The normalized spacial score (nSPS) is 9.31. The molecule has 0 aliphatic rings. The number of rotatable bonds is 2. The van der Waals surface area contributed by atoms with Gasteiger partial charge in [-0.25, -0.2) is 9.78 Å². The summed E-state index contributed by atoms with van der Waals surface area (Å²) in [4.78, 5) is 21.8. The lowest BCUT2D eigenvalue weighted by atomic mass is 10.5. The Kier molecular flexibility index (Phi) is 6.53. The maximum atomic E-state index is 9.53. The van der Waals surface area contributed by atoms with Crippen LogP contribution >= 0.6 is 15.9 Å². The zero-order valence-corrected chi connectivity index (χ0v) is 9.60. The van der Waals surface area contributed by atoms with Crippen molar-refractivity contribution in [2.75, 3.05) is 5.73 Å². The number of nitrogen functional groups attached to an aromatic ring is 1. The summed E-state index contributed by atoms with van der Waals surface area (Å²) in [5.74, 6) is -2.13. The number of carbonyl (C=O) groups is 2. The van der Waals surface area contributed by atoms with E-state index in [4.69, 9.17) is 10.8 Å². The molecule has 0 spiro atoms. The first-order valence-electron chi connectivity index (χ1n) is 3.96. The number of anilines is 1. The van der Waals surface area contributed by atoms with E-state index in [1.807, 2.05) is 6.07 Å². The Hall–Kier alpha value is -1.89. The molecular formula is C9H9BrN2O4. The van der Waals surface area contributed by atoms with Crippen molar-refractivity contribution in [3.8, 4) is 0 Å². The highest BCUT2D eigenvalue weighted by Gasteiger charge is 1.88. The minimum Gasteiger partial charge on any atom is -0.545 e.